The van der Waals surface area contributed by atoms with Gasteiger partial charge >= 0.3 is 0 Å². The van der Waals surface area contributed by atoms with Crippen molar-refractivity contribution in [2.75, 3.05) is 20.2 Å². The van der Waals surface area contributed by atoms with Gasteiger partial charge in [-0.15, -0.1) is 0 Å². The number of rotatable bonds is 6. The molecule has 3 aliphatic rings. The molecule has 0 aromatic heterocycles. The fraction of sp³-hybridized carbons (Fsp3) is 0.760. The summed E-state index contributed by atoms with van der Waals surface area (Å²) >= 11 is 0. The van der Waals surface area contributed by atoms with Crippen LogP contribution in [0.5, 0.6) is 5.75 Å². The van der Waals surface area contributed by atoms with Crippen LogP contribution in [-0.4, -0.2) is 31.1 Å². The first-order valence-electron chi connectivity index (χ1n) is 11.7. The van der Waals surface area contributed by atoms with Crippen LogP contribution in [0.3, 0.4) is 0 Å². The third-order valence-electron chi connectivity index (χ3n) is 7.71. The smallest absolute Gasteiger partial charge is 0.122 e. The van der Waals surface area contributed by atoms with Crippen molar-refractivity contribution in [2.45, 2.75) is 95.4 Å². The minimum Gasteiger partial charge on any atom is -0.496 e. The van der Waals surface area contributed by atoms with E-state index in [0.717, 1.165) is 23.6 Å². The Labute approximate surface area is 166 Å². The van der Waals surface area contributed by atoms with Crippen LogP contribution in [0.4, 0.5) is 0 Å². The Morgan fingerprint density at radius 1 is 0.926 bits per heavy atom. The van der Waals surface area contributed by atoms with Crippen LogP contribution < -0.4 is 4.74 Å². The molecule has 27 heavy (non-hydrogen) atoms. The molecule has 1 aliphatic heterocycles. The van der Waals surface area contributed by atoms with E-state index in [4.69, 9.17) is 4.74 Å². The molecule has 2 nitrogen and oxygen atoms in total. The zero-order chi connectivity index (χ0) is 18.5. The molecule has 2 fully saturated rings. The Bertz CT molecular complexity index is 584. The van der Waals surface area contributed by atoms with Gasteiger partial charge in [-0.2, -0.15) is 0 Å². The van der Waals surface area contributed by atoms with Crippen LogP contribution in [0.1, 0.15) is 94.1 Å². The van der Waals surface area contributed by atoms with Crippen molar-refractivity contribution in [3.63, 3.8) is 0 Å². The largest absolute Gasteiger partial charge is 0.496 e. The van der Waals surface area contributed by atoms with Gasteiger partial charge in [0, 0.05) is 6.04 Å². The van der Waals surface area contributed by atoms with Crippen molar-refractivity contribution in [1.29, 1.82) is 0 Å². The first kappa shape index (κ1) is 19.3. The molecule has 4 rings (SSSR count). The lowest BCUT2D eigenvalue weighted by molar-refractivity contribution is 0.103. The molecule has 1 aromatic carbocycles. The van der Waals surface area contributed by atoms with Crippen molar-refractivity contribution < 1.29 is 4.74 Å². The zero-order valence-electron chi connectivity index (χ0n) is 17.4. The fourth-order valence-corrected chi connectivity index (χ4v) is 6.11. The predicted molar refractivity (Wildman–Crippen MR) is 114 cm³/mol. The quantitative estimate of drug-likeness (QED) is 0.581. The van der Waals surface area contributed by atoms with Gasteiger partial charge in [0.1, 0.15) is 5.75 Å². The van der Waals surface area contributed by atoms with Crippen molar-refractivity contribution >= 4 is 0 Å². The maximum Gasteiger partial charge on any atom is 0.122 e. The molecule has 2 heteroatoms. The van der Waals surface area contributed by atoms with Gasteiger partial charge in [-0.25, -0.2) is 0 Å². The lowest BCUT2D eigenvalue weighted by Crippen LogP contribution is -2.42. The second-order valence-electron chi connectivity index (χ2n) is 9.32. The SMILES string of the molecule is COc1cccc2c1CCC[C@H]2CCCC1CCN(C2CCCCC2)CC1. The Morgan fingerprint density at radius 3 is 2.52 bits per heavy atom. The predicted octanol–water partition coefficient (Wildman–Crippen LogP) is 6.33. The Hall–Kier alpha value is -1.02. The molecule has 2 aliphatic carbocycles. The topological polar surface area (TPSA) is 12.5 Å². The highest BCUT2D eigenvalue weighted by Gasteiger charge is 2.27. The summed E-state index contributed by atoms with van der Waals surface area (Å²) in [4.78, 5) is 2.83. The first-order valence-corrected chi connectivity index (χ1v) is 11.7. The number of fused-ring (bicyclic) bond motifs is 1. The van der Waals surface area contributed by atoms with Crippen LogP contribution in [-0.2, 0) is 6.42 Å². The average Bonchev–Trinajstić information content (AvgIpc) is 2.74. The average molecular weight is 370 g/mol. The molecule has 150 valence electrons. The van der Waals surface area contributed by atoms with Gasteiger partial charge in [-0.3, -0.25) is 0 Å². The van der Waals surface area contributed by atoms with Crippen LogP contribution >= 0.6 is 0 Å². The molecule has 0 bridgehead atoms. The molecule has 0 N–H and O–H groups in total. The van der Waals surface area contributed by atoms with Gasteiger partial charge in [0.25, 0.3) is 0 Å². The minimum atomic E-state index is 0.770. The van der Waals surface area contributed by atoms with Crippen molar-refractivity contribution in [2.24, 2.45) is 5.92 Å². The van der Waals surface area contributed by atoms with E-state index < -0.39 is 0 Å². The number of piperidine rings is 1. The lowest BCUT2D eigenvalue weighted by atomic mass is 9.79. The first-order chi connectivity index (χ1) is 13.3. The fourth-order valence-electron chi connectivity index (χ4n) is 6.11. The Balaban J connectivity index is 1.22. The van der Waals surface area contributed by atoms with E-state index in [-0.39, 0.29) is 0 Å². The van der Waals surface area contributed by atoms with Crippen LogP contribution in [0.2, 0.25) is 0 Å². The summed E-state index contributed by atoms with van der Waals surface area (Å²) in [6.45, 7) is 2.75. The number of ether oxygens (including phenoxy) is 1. The van der Waals surface area contributed by atoms with Crippen LogP contribution in [0.15, 0.2) is 18.2 Å². The van der Waals surface area contributed by atoms with Crippen molar-refractivity contribution in [1.82, 2.24) is 4.90 Å². The Morgan fingerprint density at radius 2 is 1.74 bits per heavy atom. The summed E-state index contributed by atoms with van der Waals surface area (Å²) in [5.74, 6) is 2.87. The summed E-state index contributed by atoms with van der Waals surface area (Å²) in [5, 5.41) is 0. The highest BCUT2D eigenvalue weighted by Crippen LogP contribution is 2.39. The van der Waals surface area contributed by atoms with E-state index >= 15 is 0 Å². The molecular formula is C25H39NO. The summed E-state index contributed by atoms with van der Waals surface area (Å²) in [5.41, 5.74) is 3.09. The molecule has 0 radical (unpaired) electrons. The molecule has 1 heterocycles. The maximum absolute atomic E-state index is 5.62. The molecular weight excluding hydrogens is 330 g/mol. The summed E-state index contributed by atoms with van der Waals surface area (Å²) in [6, 6.07) is 7.62. The highest BCUT2D eigenvalue weighted by molar-refractivity contribution is 5.43. The summed E-state index contributed by atoms with van der Waals surface area (Å²) in [6.07, 6.45) is 18.4. The van der Waals surface area contributed by atoms with E-state index in [0.29, 0.717) is 0 Å². The lowest BCUT2D eigenvalue weighted by Gasteiger charge is -2.39. The van der Waals surface area contributed by atoms with E-state index in [1.807, 2.05) is 7.11 Å². The third-order valence-corrected chi connectivity index (χ3v) is 7.71. The number of methoxy groups -OCH3 is 1. The van der Waals surface area contributed by atoms with E-state index in [2.05, 4.69) is 23.1 Å². The van der Waals surface area contributed by atoms with E-state index in [9.17, 15) is 0 Å². The molecule has 1 aromatic rings. The van der Waals surface area contributed by atoms with Crippen molar-refractivity contribution in [3.8, 4) is 5.75 Å². The number of hydrogen-bond acceptors (Lipinski definition) is 2. The third kappa shape index (κ3) is 4.70. The second-order valence-corrected chi connectivity index (χ2v) is 9.32. The van der Waals surface area contributed by atoms with Gasteiger partial charge in [-0.1, -0.05) is 44.2 Å². The maximum atomic E-state index is 5.62. The van der Waals surface area contributed by atoms with Gasteiger partial charge in [0.15, 0.2) is 0 Å². The summed E-state index contributed by atoms with van der Waals surface area (Å²) in [7, 11) is 1.82. The van der Waals surface area contributed by atoms with Crippen LogP contribution in [0.25, 0.3) is 0 Å². The number of nitrogens with zero attached hydrogens (tertiary/aromatic N) is 1. The molecule has 1 saturated carbocycles. The number of benzene rings is 1. The minimum absolute atomic E-state index is 0.770. The molecule has 1 saturated heterocycles. The van der Waals surface area contributed by atoms with Gasteiger partial charge in [0.05, 0.1) is 7.11 Å². The number of hydrogen-bond donors (Lipinski definition) is 0. The zero-order valence-corrected chi connectivity index (χ0v) is 17.4. The van der Waals surface area contributed by atoms with Crippen LogP contribution in [0, 0.1) is 5.92 Å². The molecule has 0 amide bonds. The van der Waals surface area contributed by atoms with Gasteiger partial charge in [-0.05, 0) is 93.5 Å². The Kier molecular flexibility index (Phi) is 6.76. The highest BCUT2D eigenvalue weighted by atomic mass is 16.5. The summed E-state index contributed by atoms with van der Waals surface area (Å²) < 4.78 is 5.62. The van der Waals surface area contributed by atoms with Gasteiger partial charge in [0.2, 0.25) is 0 Å². The molecule has 1 atom stereocenters. The van der Waals surface area contributed by atoms with E-state index in [1.165, 1.54) is 102 Å². The van der Waals surface area contributed by atoms with Gasteiger partial charge < -0.3 is 9.64 Å². The number of likely N-dealkylation sites (tertiary alicyclic amines) is 1. The monoisotopic (exact) mass is 369 g/mol. The van der Waals surface area contributed by atoms with Crippen molar-refractivity contribution in [3.05, 3.63) is 29.3 Å². The normalized spacial score (nSPS) is 25.3. The molecule has 0 unspecified atom stereocenters. The second kappa shape index (κ2) is 9.45. The standard InChI is InChI=1S/C25H39NO/c1-27-25-15-7-13-23-21(10-6-14-24(23)25)9-5-8-20-16-18-26(19-17-20)22-11-3-2-4-12-22/h7,13,15,20-22H,2-6,8-12,14,16-19H2,1H3/t21-/m1/s1. The molecule has 0 spiro atoms. The van der Waals surface area contributed by atoms with E-state index in [1.54, 1.807) is 5.56 Å².